The summed E-state index contributed by atoms with van der Waals surface area (Å²) in [4.78, 5) is 10.1. The number of aliphatic carboxylic acids is 1. The Bertz CT molecular complexity index is 352. The van der Waals surface area contributed by atoms with E-state index in [0.29, 0.717) is 0 Å². The highest BCUT2D eigenvalue weighted by Crippen LogP contribution is 2.13. The van der Waals surface area contributed by atoms with E-state index in [1.165, 1.54) is 0 Å². The molecule has 0 spiro atoms. The predicted octanol–water partition coefficient (Wildman–Crippen LogP) is 1.93. The molecule has 0 heterocycles. The molecule has 1 aromatic carbocycles. The number of hydrogen-bond acceptors (Lipinski definition) is 1. The second-order valence-electron chi connectivity index (χ2n) is 2.75. The Morgan fingerprint density at radius 1 is 1.43 bits per heavy atom. The van der Waals surface area contributed by atoms with Crippen molar-refractivity contribution < 1.29 is 23.1 Å². The fraction of sp³-hybridized carbons (Fsp3) is 0.222. The minimum atomic E-state index is -2.22. The minimum Gasteiger partial charge on any atom is -0.479 e. The van der Waals surface area contributed by atoms with Crippen LogP contribution < -0.4 is 0 Å². The van der Waals surface area contributed by atoms with Crippen molar-refractivity contribution in [1.82, 2.24) is 0 Å². The van der Waals surface area contributed by atoms with Crippen LogP contribution in [0, 0.1) is 11.6 Å². The second-order valence-corrected chi connectivity index (χ2v) is 2.75. The van der Waals surface area contributed by atoms with Crippen molar-refractivity contribution in [2.45, 2.75) is 12.6 Å². The average molecular weight is 204 g/mol. The number of carbonyl (C=O) groups is 1. The molecule has 0 saturated heterocycles. The molecule has 1 unspecified atom stereocenters. The molecule has 1 N–H and O–H groups in total. The van der Waals surface area contributed by atoms with Gasteiger partial charge in [0, 0.05) is 6.42 Å². The molecule has 0 radical (unpaired) electrons. The van der Waals surface area contributed by atoms with E-state index in [4.69, 9.17) is 5.11 Å². The van der Waals surface area contributed by atoms with Gasteiger partial charge in [0.05, 0.1) is 0 Å². The second kappa shape index (κ2) is 4.13. The quantitative estimate of drug-likeness (QED) is 0.816. The summed E-state index contributed by atoms with van der Waals surface area (Å²) in [6.45, 7) is 0. The summed E-state index contributed by atoms with van der Waals surface area (Å²) < 4.78 is 38.1. The molecule has 0 saturated carbocycles. The van der Waals surface area contributed by atoms with Crippen LogP contribution in [0.15, 0.2) is 18.2 Å². The zero-order valence-electron chi connectivity index (χ0n) is 7.01. The molecule has 0 amide bonds. The van der Waals surface area contributed by atoms with E-state index in [2.05, 4.69) is 0 Å². The van der Waals surface area contributed by atoms with Gasteiger partial charge in [-0.25, -0.2) is 18.0 Å². The average Bonchev–Trinajstić information content (AvgIpc) is 2.11. The molecule has 0 bridgehead atoms. The Balaban J connectivity index is 2.85. The molecule has 0 aliphatic rings. The maximum atomic E-state index is 12.9. The first-order chi connectivity index (χ1) is 6.50. The molecular weight excluding hydrogens is 197 g/mol. The Kier molecular flexibility index (Phi) is 3.11. The Morgan fingerprint density at radius 2 is 2.07 bits per heavy atom. The summed E-state index contributed by atoms with van der Waals surface area (Å²) in [7, 11) is 0. The number of alkyl halides is 1. The predicted molar refractivity (Wildman–Crippen MR) is 42.6 cm³/mol. The first-order valence-corrected chi connectivity index (χ1v) is 3.81. The zero-order valence-corrected chi connectivity index (χ0v) is 7.01. The number of hydrogen-bond donors (Lipinski definition) is 1. The van der Waals surface area contributed by atoms with Crippen LogP contribution in [0.2, 0.25) is 0 Å². The van der Waals surface area contributed by atoms with Gasteiger partial charge >= 0.3 is 5.97 Å². The van der Waals surface area contributed by atoms with Gasteiger partial charge in [-0.15, -0.1) is 0 Å². The van der Waals surface area contributed by atoms with Gasteiger partial charge in [0.15, 0.2) is 0 Å². The van der Waals surface area contributed by atoms with Gasteiger partial charge < -0.3 is 5.11 Å². The lowest BCUT2D eigenvalue weighted by atomic mass is 10.1. The Hall–Kier alpha value is -1.52. The third kappa shape index (κ3) is 2.48. The van der Waals surface area contributed by atoms with Gasteiger partial charge in [0.25, 0.3) is 0 Å². The van der Waals surface area contributed by atoms with Crippen molar-refractivity contribution >= 4 is 5.97 Å². The molecule has 2 nitrogen and oxygen atoms in total. The van der Waals surface area contributed by atoms with Crippen molar-refractivity contribution in [2.24, 2.45) is 0 Å². The SMILES string of the molecule is O=C(O)C(F)Cc1cc(F)ccc1F. The van der Waals surface area contributed by atoms with E-state index in [9.17, 15) is 18.0 Å². The standard InChI is InChI=1S/C9H7F3O2/c10-6-1-2-7(11)5(3-6)4-8(12)9(13)14/h1-3,8H,4H2,(H,13,14). The van der Waals surface area contributed by atoms with E-state index in [-0.39, 0.29) is 5.56 Å². The molecule has 76 valence electrons. The number of carboxylic acid groups (broad SMARTS) is 1. The highest BCUT2D eigenvalue weighted by Gasteiger charge is 2.18. The minimum absolute atomic E-state index is 0.278. The van der Waals surface area contributed by atoms with Crippen molar-refractivity contribution in [3.05, 3.63) is 35.4 Å². The third-order valence-electron chi connectivity index (χ3n) is 1.67. The van der Waals surface area contributed by atoms with Crippen LogP contribution >= 0.6 is 0 Å². The monoisotopic (exact) mass is 204 g/mol. The lowest BCUT2D eigenvalue weighted by Gasteiger charge is -2.04. The molecule has 14 heavy (non-hydrogen) atoms. The Morgan fingerprint density at radius 3 is 2.64 bits per heavy atom. The number of benzene rings is 1. The van der Waals surface area contributed by atoms with Gasteiger partial charge in [0.2, 0.25) is 6.17 Å². The normalized spacial score (nSPS) is 12.5. The molecule has 0 aromatic heterocycles. The maximum Gasteiger partial charge on any atom is 0.338 e. The molecule has 0 fully saturated rings. The molecule has 1 atom stereocenters. The summed E-state index contributed by atoms with van der Waals surface area (Å²) in [5.74, 6) is -3.22. The molecule has 1 rings (SSSR count). The molecular formula is C9H7F3O2. The summed E-state index contributed by atoms with van der Waals surface area (Å²) in [5.41, 5.74) is -0.278. The highest BCUT2D eigenvalue weighted by molar-refractivity contribution is 5.72. The van der Waals surface area contributed by atoms with Gasteiger partial charge in [-0.05, 0) is 23.8 Å². The Labute approximate surface area is 78.0 Å². The van der Waals surface area contributed by atoms with Gasteiger partial charge in [0.1, 0.15) is 11.6 Å². The van der Waals surface area contributed by atoms with Crippen molar-refractivity contribution in [2.75, 3.05) is 0 Å². The van der Waals surface area contributed by atoms with Gasteiger partial charge in [-0.3, -0.25) is 0 Å². The largest absolute Gasteiger partial charge is 0.479 e. The van der Waals surface area contributed by atoms with E-state index in [1.807, 2.05) is 0 Å². The number of carboxylic acids is 1. The van der Waals surface area contributed by atoms with Crippen LogP contribution in [-0.2, 0) is 11.2 Å². The highest BCUT2D eigenvalue weighted by atomic mass is 19.1. The summed E-state index contributed by atoms with van der Waals surface area (Å²) in [6, 6.07) is 2.50. The zero-order chi connectivity index (χ0) is 10.7. The topological polar surface area (TPSA) is 37.3 Å². The summed E-state index contributed by atoms with van der Waals surface area (Å²) in [6.07, 6.45) is -2.88. The first kappa shape index (κ1) is 10.6. The molecule has 0 aliphatic carbocycles. The lowest BCUT2D eigenvalue weighted by Crippen LogP contribution is -2.17. The smallest absolute Gasteiger partial charge is 0.338 e. The fourth-order valence-electron chi connectivity index (χ4n) is 0.980. The molecule has 1 aromatic rings. The fourth-order valence-corrected chi connectivity index (χ4v) is 0.980. The van der Waals surface area contributed by atoms with Crippen LogP contribution in [0.3, 0.4) is 0 Å². The van der Waals surface area contributed by atoms with Crippen molar-refractivity contribution in [3.63, 3.8) is 0 Å². The van der Waals surface area contributed by atoms with Crippen LogP contribution in [0.25, 0.3) is 0 Å². The van der Waals surface area contributed by atoms with E-state index >= 15 is 0 Å². The summed E-state index contributed by atoms with van der Waals surface area (Å²) >= 11 is 0. The summed E-state index contributed by atoms with van der Waals surface area (Å²) in [5, 5.41) is 8.21. The van der Waals surface area contributed by atoms with E-state index in [1.54, 1.807) is 0 Å². The van der Waals surface area contributed by atoms with E-state index in [0.717, 1.165) is 18.2 Å². The molecule has 0 aliphatic heterocycles. The van der Waals surface area contributed by atoms with Crippen LogP contribution in [-0.4, -0.2) is 17.2 Å². The molecule has 5 heteroatoms. The number of halogens is 3. The maximum absolute atomic E-state index is 12.9. The van der Waals surface area contributed by atoms with Crippen molar-refractivity contribution in [1.29, 1.82) is 0 Å². The van der Waals surface area contributed by atoms with Crippen molar-refractivity contribution in [3.8, 4) is 0 Å². The van der Waals surface area contributed by atoms with Crippen LogP contribution in [0.5, 0.6) is 0 Å². The number of rotatable bonds is 3. The third-order valence-corrected chi connectivity index (χ3v) is 1.67. The van der Waals surface area contributed by atoms with Crippen LogP contribution in [0.4, 0.5) is 13.2 Å². The van der Waals surface area contributed by atoms with Crippen LogP contribution in [0.1, 0.15) is 5.56 Å². The lowest BCUT2D eigenvalue weighted by molar-refractivity contribution is -0.142. The van der Waals surface area contributed by atoms with Gasteiger partial charge in [-0.2, -0.15) is 0 Å². The van der Waals surface area contributed by atoms with Gasteiger partial charge in [-0.1, -0.05) is 0 Å². The van der Waals surface area contributed by atoms with E-state index < -0.39 is 30.2 Å². The first-order valence-electron chi connectivity index (χ1n) is 3.81.